The second-order valence-electron chi connectivity index (χ2n) is 6.03. The van der Waals surface area contributed by atoms with Crippen LogP contribution in [0, 0.1) is 12.3 Å². The minimum absolute atomic E-state index is 0.0358. The van der Waals surface area contributed by atoms with E-state index < -0.39 is 5.66 Å². The molecule has 1 N–H and O–H groups in total. The molecule has 128 valence electrons. The summed E-state index contributed by atoms with van der Waals surface area (Å²) in [6, 6.07) is 9.65. The lowest BCUT2D eigenvalue weighted by molar-refractivity contribution is -0.122. The van der Waals surface area contributed by atoms with Crippen LogP contribution in [0.5, 0.6) is 0 Å². The van der Waals surface area contributed by atoms with Crippen molar-refractivity contribution in [2.75, 3.05) is 0 Å². The highest BCUT2D eigenvalue weighted by Gasteiger charge is 2.39. The lowest BCUT2D eigenvalue weighted by Crippen LogP contribution is -2.32. The molecule has 3 rings (SSSR count). The van der Waals surface area contributed by atoms with Crippen molar-refractivity contribution in [3.8, 4) is 12.3 Å². The van der Waals surface area contributed by atoms with Crippen molar-refractivity contribution in [1.82, 2.24) is 20.1 Å². The predicted octanol–water partition coefficient (Wildman–Crippen LogP) is 2.49. The molecule has 0 radical (unpaired) electrons. The Kier molecular flexibility index (Phi) is 5.19. The maximum atomic E-state index is 12.4. The van der Waals surface area contributed by atoms with Crippen LogP contribution in [0.4, 0.5) is 0 Å². The molecule has 1 amide bonds. The van der Waals surface area contributed by atoms with Crippen molar-refractivity contribution in [3.63, 3.8) is 0 Å². The highest BCUT2D eigenvalue weighted by Crippen LogP contribution is 2.37. The van der Waals surface area contributed by atoms with E-state index in [0.717, 1.165) is 5.56 Å². The van der Waals surface area contributed by atoms with Gasteiger partial charge in [-0.05, 0) is 5.56 Å². The quantitative estimate of drug-likeness (QED) is 0.714. The van der Waals surface area contributed by atoms with Crippen molar-refractivity contribution in [1.29, 1.82) is 0 Å². The van der Waals surface area contributed by atoms with Gasteiger partial charge in [-0.1, -0.05) is 30.3 Å². The number of benzene rings is 1. The van der Waals surface area contributed by atoms with Gasteiger partial charge in [0.15, 0.2) is 5.66 Å². The zero-order valence-corrected chi connectivity index (χ0v) is 13.9. The summed E-state index contributed by atoms with van der Waals surface area (Å²) in [4.78, 5) is 16.4. The van der Waals surface area contributed by atoms with Crippen molar-refractivity contribution in [2.45, 2.75) is 43.9 Å². The monoisotopic (exact) mass is 336 g/mol. The smallest absolute Gasteiger partial charge is 0.220 e. The molecule has 0 saturated carbocycles. The Labute approximate surface area is 146 Å². The van der Waals surface area contributed by atoms with Gasteiger partial charge < -0.3 is 5.32 Å². The number of amides is 1. The summed E-state index contributed by atoms with van der Waals surface area (Å²) in [5.74, 6) is 2.56. The van der Waals surface area contributed by atoms with E-state index in [-0.39, 0.29) is 11.9 Å². The van der Waals surface area contributed by atoms with Crippen LogP contribution in [0.3, 0.4) is 0 Å². The standard InChI is InChI=1S/C18H20N6O/c1-2-3-10-18(22-23-18)11-9-17(25)21-16(12-24-14-19-13-20-24)15-7-5-4-6-8-15/h1,4-8,13-14,16H,3,9-12H2,(H,21,25). The Morgan fingerprint density at radius 1 is 1.28 bits per heavy atom. The summed E-state index contributed by atoms with van der Waals surface area (Å²) in [7, 11) is 0. The molecule has 0 spiro atoms. The Morgan fingerprint density at radius 3 is 2.72 bits per heavy atom. The SMILES string of the molecule is C#CCCC1(CCC(=O)NC(Cn2cncn2)c2ccccc2)N=N1. The van der Waals surface area contributed by atoms with Gasteiger partial charge in [0, 0.05) is 25.7 Å². The van der Waals surface area contributed by atoms with Crippen LogP contribution in [0.2, 0.25) is 0 Å². The van der Waals surface area contributed by atoms with E-state index in [1.807, 2.05) is 30.3 Å². The number of carbonyl (C=O) groups is 1. The number of hydrogen-bond donors (Lipinski definition) is 1. The number of hydrogen-bond acceptors (Lipinski definition) is 5. The van der Waals surface area contributed by atoms with E-state index in [9.17, 15) is 4.79 Å². The Morgan fingerprint density at radius 2 is 2.08 bits per heavy atom. The van der Waals surface area contributed by atoms with E-state index in [1.165, 1.54) is 6.33 Å². The second-order valence-corrected chi connectivity index (χ2v) is 6.03. The van der Waals surface area contributed by atoms with Crippen LogP contribution in [-0.2, 0) is 11.3 Å². The fraction of sp³-hybridized carbons (Fsp3) is 0.389. The molecule has 0 bridgehead atoms. The van der Waals surface area contributed by atoms with Gasteiger partial charge in [0.2, 0.25) is 5.91 Å². The molecule has 1 aliphatic rings. The third kappa shape index (κ3) is 4.73. The molecule has 1 aromatic heterocycles. The largest absolute Gasteiger partial charge is 0.347 e. The zero-order valence-electron chi connectivity index (χ0n) is 13.9. The Bertz CT molecular complexity index is 757. The average molecular weight is 336 g/mol. The van der Waals surface area contributed by atoms with Gasteiger partial charge in [-0.15, -0.1) is 12.3 Å². The Balaban J connectivity index is 1.58. The highest BCUT2D eigenvalue weighted by atomic mass is 16.1. The summed E-state index contributed by atoms with van der Waals surface area (Å²) in [6.45, 7) is 0.521. The predicted molar refractivity (Wildman–Crippen MR) is 92.2 cm³/mol. The number of nitrogens with one attached hydrogen (secondary N) is 1. The summed E-state index contributed by atoms with van der Waals surface area (Å²) >= 11 is 0. The van der Waals surface area contributed by atoms with Gasteiger partial charge in [-0.2, -0.15) is 15.3 Å². The van der Waals surface area contributed by atoms with Crippen molar-refractivity contribution >= 4 is 5.91 Å². The molecule has 7 heteroatoms. The number of carbonyl (C=O) groups excluding carboxylic acids is 1. The molecule has 2 heterocycles. The third-order valence-electron chi connectivity index (χ3n) is 4.18. The minimum atomic E-state index is -0.433. The lowest BCUT2D eigenvalue weighted by Gasteiger charge is -2.19. The summed E-state index contributed by atoms with van der Waals surface area (Å²) in [5, 5.41) is 15.3. The normalized spacial score (nSPS) is 15.3. The van der Waals surface area contributed by atoms with Gasteiger partial charge in [0.05, 0.1) is 12.6 Å². The first-order chi connectivity index (χ1) is 12.2. The van der Waals surface area contributed by atoms with Crippen molar-refractivity contribution in [3.05, 3.63) is 48.5 Å². The van der Waals surface area contributed by atoms with Gasteiger partial charge in [0.25, 0.3) is 0 Å². The van der Waals surface area contributed by atoms with Crippen LogP contribution in [-0.4, -0.2) is 26.3 Å². The molecular weight excluding hydrogens is 316 g/mol. The van der Waals surface area contributed by atoms with Gasteiger partial charge in [-0.25, -0.2) is 4.98 Å². The molecule has 0 fully saturated rings. The lowest BCUT2D eigenvalue weighted by atomic mass is 10.0. The van der Waals surface area contributed by atoms with Crippen molar-refractivity contribution < 1.29 is 4.79 Å². The van der Waals surface area contributed by atoms with E-state index in [2.05, 4.69) is 31.5 Å². The third-order valence-corrected chi connectivity index (χ3v) is 4.18. The van der Waals surface area contributed by atoms with E-state index in [0.29, 0.717) is 32.2 Å². The van der Waals surface area contributed by atoms with Crippen LogP contribution in [0.15, 0.2) is 53.2 Å². The highest BCUT2D eigenvalue weighted by molar-refractivity contribution is 5.76. The first-order valence-corrected chi connectivity index (χ1v) is 8.25. The molecule has 0 aliphatic carbocycles. The van der Waals surface area contributed by atoms with Gasteiger partial charge >= 0.3 is 0 Å². The van der Waals surface area contributed by atoms with Crippen LogP contribution < -0.4 is 5.32 Å². The maximum Gasteiger partial charge on any atom is 0.220 e. The fourth-order valence-electron chi connectivity index (χ4n) is 2.68. The molecule has 1 aromatic carbocycles. The van der Waals surface area contributed by atoms with Crippen molar-refractivity contribution in [2.24, 2.45) is 10.2 Å². The molecule has 1 atom stereocenters. The molecule has 1 aliphatic heterocycles. The van der Waals surface area contributed by atoms with Crippen LogP contribution in [0.1, 0.15) is 37.3 Å². The second kappa shape index (κ2) is 7.71. The molecule has 2 aromatic rings. The van der Waals surface area contributed by atoms with Crippen LogP contribution >= 0.6 is 0 Å². The summed E-state index contributed by atoms with van der Waals surface area (Å²) in [5.41, 5.74) is 0.590. The van der Waals surface area contributed by atoms with E-state index in [4.69, 9.17) is 6.42 Å². The molecule has 1 unspecified atom stereocenters. The van der Waals surface area contributed by atoms with Gasteiger partial charge in [0.1, 0.15) is 12.7 Å². The molecule has 7 nitrogen and oxygen atoms in total. The molecular formula is C18H20N6O. The first-order valence-electron chi connectivity index (χ1n) is 8.25. The number of terminal acetylenes is 1. The number of rotatable bonds is 9. The van der Waals surface area contributed by atoms with E-state index in [1.54, 1.807) is 11.0 Å². The minimum Gasteiger partial charge on any atom is -0.347 e. The summed E-state index contributed by atoms with van der Waals surface area (Å²) < 4.78 is 1.71. The topological polar surface area (TPSA) is 84.5 Å². The average Bonchev–Trinajstić information content (AvgIpc) is 3.23. The Hall–Kier alpha value is -3.01. The number of nitrogens with zero attached hydrogens (tertiary/aromatic N) is 5. The molecule has 0 saturated heterocycles. The van der Waals surface area contributed by atoms with Gasteiger partial charge in [-0.3, -0.25) is 9.48 Å². The maximum absolute atomic E-state index is 12.4. The first kappa shape index (κ1) is 16.8. The fourth-order valence-corrected chi connectivity index (χ4v) is 2.68. The zero-order chi connectivity index (χ0) is 17.5. The summed E-state index contributed by atoms with van der Waals surface area (Å²) in [6.07, 6.45) is 10.7. The molecule has 25 heavy (non-hydrogen) atoms. The van der Waals surface area contributed by atoms with E-state index >= 15 is 0 Å². The number of aromatic nitrogens is 3. The van der Waals surface area contributed by atoms with Crippen LogP contribution in [0.25, 0.3) is 0 Å².